The number of hydrogen-bond acceptors (Lipinski definition) is 3. The minimum Gasteiger partial charge on any atom is -0.441 e. The maximum atomic E-state index is 11.8. The maximum absolute atomic E-state index is 11.8. The molecule has 0 N–H and O–H groups in total. The van der Waals surface area contributed by atoms with Crippen molar-refractivity contribution < 1.29 is 9.53 Å². The van der Waals surface area contributed by atoms with Gasteiger partial charge in [0.25, 0.3) is 0 Å². The SMILES string of the molecule is CC1(C)CN(c2ccc(-c3ccccc3)cn2)C(=O)O1. The van der Waals surface area contributed by atoms with Gasteiger partial charge in [0, 0.05) is 11.8 Å². The Morgan fingerprint density at radius 1 is 1.10 bits per heavy atom. The van der Waals surface area contributed by atoms with Crippen molar-refractivity contribution in [3.8, 4) is 11.1 Å². The summed E-state index contributed by atoms with van der Waals surface area (Å²) in [5.74, 6) is 0.625. The first-order chi connectivity index (χ1) is 9.55. The van der Waals surface area contributed by atoms with Gasteiger partial charge < -0.3 is 4.74 Å². The van der Waals surface area contributed by atoms with E-state index in [1.807, 2.05) is 56.3 Å². The molecule has 0 saturated carbocycles. The van der Waals surface area contributed by atoms with E-state index in [0.717, 1.165) is 11.1 Å². The normalized spacial score (nSPS) is 17.1. The van der Waals surface area contributed by atoms with Crippen LogP contribution in [0.3, 0.4) is 0 Å². The summed E-state index contributed by atoms with van der Waals surface area (Å²) in [6, 6.07) is 13.8. The summed E-state index contributed by atoms with van der Waals surface area (Å²) < 4.78 is 5.28. The average Bonchev–Trinajstić information content (AvgIpc) is 2.73. The molecule has 0 bridgehead atoms. The molecular weight excluding hydrogens is 252 g/mol. The van der Waals surface area contributed by atoms with Crippen LogP contribution in [0.5, 0.6) is 0 Å². The lowest BCUT2D eigenvalue weighted by Crippen LogP contribution is -2.28. The van der Waals surface area contributed by atoms with Crippen LogP contribution in [0.25, 0.3) is 11.1 Å². The van der Waals surface area contributed by atoms with Crippen molar-refractivity contribution >= 4 is 11.9 Å². The lowest BCUT2D eigenvalue weighted by atomic mass is 10.1. The number of amides is 1. The zero-order valence-electron chi connectivity index (χ0n) is 11.5. The molecule has 0 spiro atoms. The Hall–Kier alpha value is -2.36. The number of pyridine rings is 1. The Labute approximate surface area is 118 Å². The Bertz CT molecular complexity index is 621. The highest BCUT2D eigenvalue weighted by atomic mass is 16.6. The zero-order valence-corrected chi connectivity index (χ0v) is 11.5. The van der Waals surface area contributed by atoms with Crippen molar-refractivity contribution in [2.75, 3.05) is 11.4 Å². The first-order valence-corrected chi connectivity index (χ1v) is 6.57. The van der Waals surface area contributed by atoms with E-state index < -0.39 is 5.60 Å². The van der Waals surface area contributed by atoms with Crippen LogP contribution in [-0.4, -0.2) is 23.2 Å². The Morgan fingerprint density at radius 3 is 2.40 bits per heavy atom. The van der Waals surface area contributed by atoms with E-state index >= 15 is 0 Å². The number of carbonyl (C=O) groups excluding carboxylic acids is 1. The molecule has 2 aromatic rings. The molecule has 20 heavy (non-hydrogen) atoms. The van der Waals surface area contributed by atoms with Gasteiger partial charge in [-0.05, 0) is 31.5 Å². The number of carbonyl (C=O) groups is 1. The number of anilines is 1. The van der Waals surface area contributed by atoms with Crippen LogP contribution in [0, 0.1) is 0 Å². The molecule has 2 heterocycles. The number of nitrogens with zero attached hydrogens (tertiary/aromatic N) is 2. The van der Waals surface area contributed by atoms with Crippen LogP contribution < -0.4 is 4.90 Å². The second-order valence-corrected chi connectivity index (χ2v) is 5.48. The predicted molar refractivity (Wildman–Crippen MR) is 77.6 cm³/mol. The molecule has 3 rings (SSSR count). The highest BCUT2D eigenvalue weighted by Gasteiger charge is 2.38. The van der Waals surface area contributed by atoms with Gasteiger partial charge in [-0.25, -0.2) is 9.78 Å². The molecule has 102 valence electrons. The second kappa shape index (κ2) is 4.63. The zero-order chi connectivity index (χ0) is 14.2. The highest BCUT2D eigenvalue weighted by molar-refractivity contribution is 5.89. The van der Waals surface area contributed by atoms with Crippen molar-refractivity contribution in [2.24, 2.45) is 0 Å². The lowest BCUT2D eigenvalue weighted by molar-refractivity contribution is 0.0871. The van der Waals surface area contributed by atoms with E-state index in [-0.39, 0.29) is 6.09 Å². The molecule has 0 atom stereocenters. The Morgan fingerprint density at radius 2 is 1.85 bits per heavy atom. The summed E-state index contributed by atoms with van der Waals surface area (Å²) in [5.41, 5.74) is 1.67. The van der Waals surface area contributed by atoms with E-state index in [4.69, 9.17) is 4.74 Å². The van der Waals surface area contributed by atoms with Crippen LogP contribution >= 0.6 is 0 Å². The molecule has 0 aliphatic carbocycles. The first kappa shape index (κ1) is 12.7. The highest BCUT2D eigenvalue weighted by Crippen LogP contribution is 2.27. The van der Waals surface area contributed by atoms with Gasteiger partial charge in [0.2, 0.25) is 0 Å². The van der Waals surface area contributed by atoms with Gasteiger partial charge in [0.1, 0.15) is 11.4 Å². The van der Waals surface area contributed by atoms with Crippen molar-refractivity contribution in [1.82, 2.24) is 4.98 Å². The van der Waals surface area contributed by atoms with Crippen molar-refractivity contribution in [1.29, 1.82) is 0 Å². The fourth-order valence-electron chi connectivity index (χ4n) is 2.29. The van der Waals surface area contributed by atoms with Gasteiger partial charge >= 0.3 is 6.09 Å². The quantitative estimate of drug-likeness (QED) is 0.837. The average molecular weight is 268 g/mol. The minimum atomic E-state index is -0.461. The largest absolute Gasteiger partial charge is 0.441 e. The number of ether oxygens (including phenoxy) is 1. The number of aromatic nitrogens is 1. The first-order valence-electron chi connectivity index (χ1n) is 6.57. The molecule has 1 aromatic heterocycles. The van der Waals surface area contributed by atoms with Gasteiger partial charge in [-0.1, -0.05) is 30.3 Å². The number of rotatable bonds is 2. The third-order valence-corrected chi connectivity index (χ3v) is 3.25. The Kier molecular flexibility index (Phi) is 2.93. The van der Waals surface area contributed by atoms with E-state index in [1.165, 1.54) is 0 Å². The monoisotopic (exact) mass is 268 g/mol. The third-order valence-electron chi connectivity index (χ3n) is 3.25. The summed E-state index contributed by atoms with van der Waals surface area (Å²) >= 11 is 0. The number of benzene rings is 1. The summed E-state index contributed by atoms with van der Waals surface area (Å²) in [7, 11) is 0. The van der Waals surface area contributed by atoms with Crippen molar-refractivity contribution in [3.63, 3.8) is 0 Å². The van der Waals surface area contributed by atoms with Gasteiger partial charge in [-0.2, -0.15) is 0 Å². The molecule has 1 amide bonds. The molecule has 4 heteroatoms. The molecule has 0 unspecified atom stereocenters. The predicted octanol–water partition coefficient (Wildman–Crippen LogP) is 3.48. The van der Waals surface area contributed by atoms with Crippen LogP contribution in [0.1, 0.15) is 13.8 Å². The summed E-state index contributed by atoms with van der Waals surface area (Å²) in [5, 5.41) is 0. The molecule has 0 radical (unpaired) electrons. The fraction of sp³-hybridized carbons (Fsp3) is 0.250. The second-order valence-electron chi connectivity index (χ2n) is 5.48. The molecule has 1 aromatic carbocycles. The van der Waals surface area contributed by atoms with Crippen LogP contribution in [0.15, 0.2) is 48.7 Å². The fourth-order valence-corrected chi connectivity index (χ4v) is 2.29. The molecule has 1 fully saturated rings. The summed E-state index contributed by atoms with van der Waals surface area (Å²) in [6.07, 6.45) is 1.44. The topological polar surface area (TPSA) is 42.4 Å². The summed E-state index contributed by atoms with van der Waals surface area (Å²) in [4.78, 5) is 17.8. The molecular formula is C16H16N2O2. The van der Waals surface area contributed by atoms with Crippen molar-refractivity contribution in [3.05, 3.63) is 48.7 Å². The van der Waals surface area contributed by atoms with E-state index in [1.54, 1.807) is 11.1 Å². The standard InChI is InChI=1S/C16H16N2O2/c1-16(2)11-18(15(19)20-16)14-9-8-13(10-17-14)12-6-4-3-5-7-12/h3-10H,11H2,1-2H3. The minimum absolute atomic E-state index is 0.338. The smallest absolute Gasteiger partial charge is 0.416 e. The van der Waals surface area contributed by atoms with E-state index in [9.17, 15) is 4.79 Å². The third kappa shape index (κ3) is 2.37. The van der Waals surface area contributed by atoms with Gasteiger partial charge in [-0.15, -0.1) is 0 Å². The molecule has 1 aliphatic rings. The van der Waals surface area contributed by atoms with E-state index in [0.29, 0.717) is 12.4 Å². The molecule has 1 aliphatic heterocycles. The van der Waals surface area contributed by atoms with Gasteiger partial charge in [0.05, 0.1) is 6.54 Å². The molecule has 4 nitrogen and oxygen atoms in total. The number of cyclic esters (lactones) is 1. The lowest BCUT2D eigenvalue weighted by Gasteiger charge is -2.15. The Balaban J connectivity index is 1.86. The van der Waals surface area contributed by atoms with Gasteiger partial charge in [-0.3, -0.25) is 4.90 Å². The van der Waals surface area contributed by atoms with Crippen LogP contribution in [0.2, 0.25) is 0 Å². The molecule has 1 saturated heterocycles. The van der Waals surface area contributed by atoms with Crippen molar-refractivity contribution in [2.45, 2.75) is 19.4 Å². The summed E-state index contributed by atoms with van der Waals surface area (Å²) in [6.45, 7) is 4.30. The maximum Gasteiger partial charge on any atom is 0.416 e. The van der Waals surface area contributed by atoms with Crippen LogP contribution in [-0.2, 0) is 4.74 Å². The van der Waals surface area contributed by atoms with Crippen LogP contribution in [0.4, 0.5) is 10.6 Å². The number of hydrogen-bond donors (Lipinski definition) is 0. The van der Waals surface area contributed by atoms with E-state index in [2.05, 4.69) is 4.98 Å². The van der Waals surface area contributed by atoms with Gasteiger partial charge in [0.15, 0.2) is 0 Å².